The highest BCUT2D eigenvalue weighted by Crippen LogP contribution is 2.33. The van der Waals surface area contributed by atoms with Crippen molar-refractivity contribution in [1.29, 1.82) is 0 Å². The van der Waals surface area contributed by atoms with E-state index in [1.54, 1.807) is 13.0 Å². The van der Waals surface area contributed by atoms with Crippen LogP contribution in [0.15, 0.2) is 12.1 Å². The molecule has 0 aliphatic heterocycles. The van der Waals surface area contributed by atoms with Crippen molar-refractivity contribution in [1.82, 2.24) is 0 Å². The van der Waals surface area contributed by atoms with Crippen molar-refractivity contribution in [3.63, 3.8) is 0 Å². The van der Waals surface area contributed by atoms with Gasteiger partial charge in [0.2, 0.25) is 0 Å². The minimum Gasteiger partial charge on any atom is -0.507 e. The Hall–Kier alpha value is -2.04. The van der Waals surface area contributed by atoms with Gasteiger partial charge >= 0.3 is 5.97 Å². The van der Waals surface area contributed by atoms with Crippen molar-refractivity contribution in [2.75, 3.05) is 6.61 Å². The van der Waals surface area contributed by atoms with Crippen LogP contribution in [0.4, 0.5) is 0 Å². The van der Waals surface area contributed by atoms with Crippen molar-refractivity contribution >= 4 is 11.8 Å². The molecule has 116 valence electrons. The number of hydrogen-bond acceptors (Lipinski definition) is 4. The smallest absolute Gasteiger partial charge is 0.306 e. The molecule has 0 aliphatic carbocycles. The highest BCUT2D eigenvalue weighted by Gasteiger charge is 2.16. The minimum atomic E-state index is -0.859. The largest absolute Gasteiger partial charge is 0.507 e. The Balaban J connectivity index is 2.89. The molecule has 0 aromatic heterocycles. The number of aromatic hydroxyl groups is 1. The molecule has 1 aromatic carbocycles. The lowest BCUT2D eigenvalue weighted by Crippen LogP contribution is -2.13. The fraction of sp³-hybridized carbons (Fsp3) is 0.500. The topological polar surface area (TPSA) is 83.8 Å². The second-order valence-corrected chi connectivity index (χ2v) is 5.12. The molecule has 0 bridgehead atoms. The van der Waals surface area contributed by atoms with Crippen LogP contribution < -0.4 is 4.74 Å². The number of carbonyl (C=O) groups excluding carboxylic acids is 1. The predicted molar refractivity (Wildman–Crippen MR) is 79.0 cm³/mol. The molecule has 1 aromatic rings. The third-order valence-corrected chi connectivity index (χ3v) is 3.35. The lowest BCUT2D eigenvalue weighted by Gasteiger charge is -2.15. The SMILES string of the molecule is CCCc1c(OCCC(C)C(=O)O)ccc(C(C)=O)c1O. The Kier molecular flexibility index (Phi) is 6.21. The number of phenolic OH excluding ortho intramolecular Hbond substituents is 1. The lowest BCUT2D eigenvalue weighted by molar-refractivity contribution is -0.141. The van der Waals surface area contributed by atoms with Gasteiger partial charge in [-0.2, -0.15) is 0 Å². The highest BCUT2D eigenvalue weighted by atomic mass is 16.5. The summed E-state index contributed by atoms with van der Waals surface area (Å²) in [6, 6.07) is 3.19. The van der Waals surface area contributed by atoms with E-state index in [2.05, 4.69) is 0 Å². The zero-order chi connectivity index (χ0) is 16.0. The molecular formula is C16H22O5. The van der Waals surface area contributed by atoms with Gasteiger partial charge in [0.05, 0.1) is 18.1 Å². The van der Waals surface area contributed by atoms with E-state index >= 15 is 0 Å². The van der Waals surface area contributed by atoms with Gasteiger partial charge in [0.1, 0.15) is 11.5 Å². The van der Waals surface area contributed by atoms with Gasteiger partial charge < -0.3 is 14.9 Å². The van der Waals surface area contributed by atoms with E-state index in [0.717, 1.165) is 6.42 Å². The summed E-state index contributed by atoms with van der Waals surface area (Å²) in [5.74, 6) is -1.06. The average molecular weight is 294 g/mol. The molecule has 5 nitrogen and oxygen atoms in total. The van der Waals surface area contributed by atoms with E-state index in [1.807, 2.05) is 6.92 Å². The standard InChI is InChI=1S/C16H22O5/c1-4-5-13-14(21-9-8-10(2)16(19)20)7-6-12(11(3)17)15(13)18/h6-7,10,18H,4-5,8-9H2,1-3H3,(H,19,20). The fourth-order valence-corrected chi connectivity index (χ4v) is 2.00. The van der Waals surface area contributed by atoms with Gasteiger partial charge in [-0.15, -0.1) is 0 Å². The number of hydrogen-bond donors (Lipinski definition) is 2. The second-order valence-electron chi connectivity index (χ2n) is 5.12. The van der Waals surface area contributed by atoms with Crippen LogP contribution >= 0.6 is 0 Å². The molecule has 0 fully saturated rings. The maximum atomic E-state index is 11.4. The van der Waals surface area contributed by atoms with Gasteiger partial charge in [-0.05, 0) is 31.9 Å². The average Bonchev–Trinajstić information content (AvgIpc) is 2.41. The molecule has 0 saturated heterocycles. The first-order chi connectivity index (χ1) is 9.88. The number of benzene rings is 1. The number of carboxylic acids is 1. The normalized spacial score (nSPS) is 12.0. The van der Waals surface area contributed by atoms with Crippen molar-refractivity contribution in [2.45, 2.75) is 40.0 Å². The van der Waals surface area contributed by atoms with Crippen LogP contribution in [0, 0.1) is 5.92 Å². The van der Waals surface area contributed by atoms with E-state index in [9.17, 15) is 14.7 Å². The monoisotopic (exact) mass is 294 g/mol. The molecule has 0 amide bonds. The Morgan fingerprint density at radius 3 is 2.52 bits per heavy atom. The Bertz CT molecular complexity index is 522. The number of aliphatic carboxylic acids is 1. The van der Waals surface area contributed by atoms with E-state index in [1.165, 1.54) is 13.0 Å². The van der Waals surface area contributed by atoms with Crippen LogP contribution in [0.5, 0.6) is 11.5 Å². The zero-order valence-electron chi connectivity index (χ0n) is 12.7. The van der Waals surface area contributed by atoms with E-state index < -0.39 is 11.9 Å². The summed E-state index contributed by atoms with van der Waals surface area (Å²) in [6.07, 6.45) is 1.78. The summed E-state index contributed by atoms with van der Waals surface area (Å²) in [6.45, 7) is 5.24. The molecule has 0 spiro atoms. The summed E-state index contributed by atoms with van der Waals surface area (Å²) in [4.78, 5) is 22.2. The van der Waals surface area contributed by atoms with Gasteiger partial charge in [-0.25, -0.2) is 0 Å². The molecule has 0 heterocycles. The Morgan fingerprint density at radius 2 is 2.00 bits per heavy atom. The first kappa shape index (κ1) is 17.0. The van der Waals surface area contributed by atoms with Gasteiger partial charge in [0, 0.05) is 5.56 Å². The highest BCUT2D eigenvalue weighted by molar-refractivity contribution is 5.97. The molecule has 1 rings (SSSR count). The van der Waals surface area contributed by atoms with E-state index in [0.29, 0.717) is 24.2 Å². The quantitative estimate of drug-likeness (QED) is 0.720. The summed E-state index contributed by atoms with van der Waals surface area (Å²) in [5.41, 5.74) is 0.887. The summed E-state index contributed by atoms with van der Waals surface area (Å²) >= 11 is 0. The number of ether oxygens (including phenoxy) is 1. The molecule has 1 atom stereocenters. The number of phenols is 1. The maximum Gasteiger partial charge on any atom is 0.306 e. The molecule has 1 unspecified atom stereocenters. The van der Waals surface area contributed by atoms with Gasteiger partial charge in [0.15, 0.2) is 5.78 Å². The van der Waals surface area contributed by atoms with Crippen LogP contribution in [-0.2, 0) is 11.2 Å². The maximum absolute atomic E-state index is 11.4. The number of carboxylic acid groups (broad SMARTS) is 1. The third-order valence-electron chi connectivity index (χ3n) is 3.35. The molecular weight excluding hydrogens is 272 g/mol. The van der Waals surface area contributed by atoms with E-state index in [-0.39, 0.29) is 23.7 Å². The second kappa shape index (κ2) is 7.67. The first-order valence-corrected chi connectivity index (χ1v) is 7.09. The Labute approximate surface area is 124 Å². The van der Waals surface area contributed by atoms with Crippen molar-refractivity contribution < 1.29 is 24.5 Å². The number of ketones is 1. The summed E-state index contributed by atoms with van der Waals surface area (Å²) in [7, 11) is 0. The third kappa shape index (κ3) is 4.48. The number of carbonyl (C=O) groups is 2. The summed E-state index contributed by atoms with van der Waals surface area (Å²) < 4.78 is 5.59. The predicted octanol–water partition coefficient (Wildman–Crippen LogP) is 3.04. The van der Waals surface area contributed by atoms with Crippen LogP contribution in [0.2, 0.25) is 0 Å². The van der Waals surface area contributed by atoms with Crippen LogP contribution in [0.25, 0.3) is 0 Å². The van der Waals surface area contributed by atoms with Crippen LogP contribution in [-0.4, -0.2) is 28.6 Å². The molecule has 0 saturated carbocycles. The lowest BCUT2D eigenvalue weighted by atomic mass is 10.0. The van der Waals surface area contributed by atoms with Gasteiger partial charge in [-0.3, -0.25) is 9.59 Å². The molecule has 0 aliphatic rings. The Morgan fingerprint density at radius 1 is 1.33 bits per heavy atom. The summed E-state index contributed by atoms with van der Waals surface area (Å²) in [5, 5.41) is 19.0. The van der Waals surface area contributed by atoms with Crippen LogP contribution in [0.1, 0.15) is 49.5 Å². The fourth-order valence-electron chi connectivity index (χ4n) is 2.00. The first-order valence-electron chi connectivity index (χ1n) is 7.09. The van der Waals surface area contributed by atoms with E-state index in [4.69, 9.17) is 9.84 Å². The number of Topliss-reactive ketones (excluding diaryl/α,β-unsaturated/α-hetero) is 1. The number of rotatable bonds is 8. The van der Waals surface area contributed by atoms with Crippen LogP contribution in [0.3, 0.4) is 0 Å². The molecule has 5 heteroatoms. The molecule has 2 N–H and O–H groups in total. The molecule has 0 radical (unpaired) electrons. The van der Waals surface area contributed by atoms with Gasteiger partial charge in [0.25, 0.3) is 0 Å². The zero-order valence-corrected chi connectivity index (χ0v) is 12.7. The van der Waals surface area contributed by atoms with Crippen molar-refractivity contribution in [3.05, 3.63) is 23.3 Å². The minimum absolute atomic E-state index is 0.0341. The van der Waals surface area contributed by atoms with Crippen molar-refractivity contribution in [2.24, 2.45) is 5.92 Å². The molecule has 21 heavy (non-hydrogen) atoms. The van der Waals surface area contributed by atoms with Crippen molar-refractivity contribution in [3.8, 4) is 11.5 Å². The van der Waals surface area contributed by atoms with Gasteiger partial charge in [-0.1, -0.05) is 20.3 Å².